The van der Waals surface area contributed by atoms with E-state index in [-0.39, 0.29) is 12.5 Å². The third kappa shape index (κ3) is 3.28. The van der Waals surface area contributed by atoms with Crippen molar-refractivity contribution in [1.82, 2.24) is 24.9 Å². The fraction of sp³-hybridized carbons (Fsp3) is 0.385. The molecule has 8 heteroatoms. The number of amides is 1. The molecular weight excluding hydrogens is 274 g/mol. The quantitative estimate of drug-likeness (QED) is 0.822. The zero-order valence-electron chi connectivity index (χ0n) is 12.1. The normalized spacial score (nSPS) is 10.6. The summed E-state index contributed by atoms with van der Waals surface area (Å²) in [7, 11) is 1.85. The molecule has 2 aromatic heterocycles. The molecule has 2 N–H and O–H groups in total. The van der Waals surface area contributed by atoms with Crippen LogP contribution < -0.4 is 5.32 Å². The van der Waals surface area contributed by atoms with Crippen LogP contribution in [0.2, 0.25) is 0 Å². The van der Waals surface area contributed by atoms with Crippen molar-refractivity contribution < 1.29 is 14.7 Å². The fourth-order valence-electron chi connectivity index (χ4n) is 2.05. The molecule has 2 heterocycles. The van der Waals surface area contributed by atoms with Crippen LogP contribution in [0.1, 0.15) is 27.3 Å². The number of carboxylic acid groups (broad SMARTS) is 1. The zero-order chi connectivity index (χ0) is 15.6. The summed E-state index contributed by atoms with van der Waals surface area (Å²) in [6.07, 6.45) is 2.76. The molecule has 1 amide bonds. The number of rotatable bonds is 5. The van der Waals surface area contributed by atoms with Crippen molar-refractivity contribution in [3.63, 3.8) is 0 Å². The Balaban J connectivity index is 2.01. The molecule has 2 aromatic rings. The van der Waals surface area contributed by atoms with E-state index < -0.39 is 5.97 Å². The van der Waals surface area contributed by atoms with Gasteiger partial charge in [-0.1, -0.05) is 0 Å². The molecule has 0 unspecified atom stereocenters. The van der Waals surface area contributed by atoms with Crippen molar-refractivity contribution in [3.05, 3.63) is 34.9 Å². The van der Waals surface area contributed by atoms with Gasteiger partial charge in [-0.2, -0.15) is 10.2 Å². The fourth-order valence-corrected chi connectivity index (χ4v) is 2.05. The number of carbonyl (C=O) groups excluding carboxylic acids is 1. The van der Waals surface area contributed by atoms with Gasteiger partial charge < -0.3 is 10.4 Å². The van der Waals surface area contributed by atoms with E-state index in [1.54, 1.807) is 4.68 Å². The Bertz CT molecular complexity index is 686. The maximum atomic E-state index is 12.0. The van der Waals surface area contributed by atoms with Gasteiger partial charge in [0.05, 0.1) is 17.5 Å². The topological polar surface area (TPSA) is 102 Å². The predicted molar refractivity (Wildman–Crippen MR) is 73.7 cm³/mol. The van der Waals surface area contributed by atoms with E-state index in [1.807, 2.05) is 20.9 Å². The first kappa shape index (κ1) is 14.8. The number of hydrogen-bond acceptors (Lipinski definition) is 4. The third-order valence-electron chi connectivity index (χ3n) is 3.28. The smallest absolute Gasteiger partial charge is 0.325 e. The predicted octanol–water partition coefficient (Wildman–Crippen LogP) is 0.248. The van der Waals surface area contributed by atoms with Crippen molar-refractivity contribution >= 4 is 11.9 Å². The standard InChI is InChI=1S/C13H17N5O3/c1-8-11(9(2)17(3)16-8)5-14-13(21)10-4-15-18(6-10)7-12(19)20/h4,6H,5,7H2,1-3H3,(H,14,21)(H,19,20). The van der Waals surface area contributed by atoms with Crippen LogP contribution in [0.5, 0.6) is 0 Å². The minimum absolute atomic E-state index is 0.270. The zero-order valence-corrected chi connectivity index (χ0v) is 12.1. The van der Waals surface area contributed by atoms with E-state index in [4.69, 9.17) is 5.11 Å². The number of carbonyl (C=O) groups is 2. The van der Waals surface area contributed by atoms with Gasteiger partial charge in [-0.3, -0.25) is 19.0 Å². The second-order valence-electron chi connectivity index (χ2n) is 4.78. The molecular formula is C13H17N5O3. The van der Waals surface area contributed by atoms with E-state index in [2.05, 4.69) is 15.5 Å². The van der Waals surface area contributed by atoms with Gasteiger partial charge in [0, 0.05) is 31.0 Å². The Morgan fingerprint density at radius 1 is 1.38 bits per heavy atom. The Morgan fingerprint density at radius 2 is 2.10 bits per heavy atom. The largest absolute Gasteiger partial charge is 0.480 e. The van der Waals surface area contributed by atoms with Gasteiger partial charge in [0.25, 0.3) is 5.91 Å². The number of aryl methyl sites for hydroxylation is 2. The minimum Gasteiger partial charge on any atom is -0.480 e. The van der Waals surface area contributed by atoms with E-state index in [0.29, 0.717) is 12.1 Å². The molecule has 0 aliphatic rings. The van der Waals surface area contributed by atoms with Crippen LogP contribution in [0.4, 0.5) is 0 Å². The molecule has 112 valence electrons. The summed E-state index contributed by atoms with van der Waals surface area (Å²) in [5.74, 6) is -1.30. The molecule has 0 aliphatic carbocycles. The van der Waals surface area contributed by atoms with Crippen LogP contribution in [0.25, 0.3) is 0 Å². The summed E-state index contributed by atoms with van der Waals surface area (Å²) in [6, 6.07) is 0. The molecule has 8 nitrogen and oxygen atoms in total. The lowest BCUT2D eigenvalue weighted by molar-refractivity contribution is -0.137. The van der Waals surface area contributed by atoms with Crippen LogP contribution in [-0.2, 0) is 24.9 Å². The SMILES string of the molecule is Cc1nn(C)c(C)c1CNC(=O)c1cnn(CC(=O)O)c1. The van der Waals surface area contributed by atoms with Crippen molar-refractivity contribution in [2.45, 2.75) is 26.9 Å². The van der Waals surface area contributed by atoms with Gasteiger partial charge in [-0.25, -0.2) is 0 Å². The first-order chi connectivity index (χ1) is 9.88. The molecule has 0 atom stereocenters. The Labute approximate surface area is 121 Å². The summed E-state index contributed by atoms with van der Waals surface area (Å²) >= 11 is 0. The van der Waals surface area contributed by atoms with Crippen molar-refractivity contribution in [2.75, 3.05) is 0 Å². The number of aliphatic carboxylic acids is 1. The lowest BCUT2D eigenvalue weighted by Crippen LogP contribution is -2.23. The summed E-state index contributed by atoms with van der Waals surface area (Å²) < 4.78 is 2.97. The Morgan fingerprint density at radius 3 is 2.67 bits per heavy atom. The van der Waals surface area contributed by atoms with Gasteiger partial charge in [0.2, 0.25) is 0 Å². The summed E-state index contributed by atoms with van der Waals surface area (Å²) in [6.45, 7) is 3.92. The number of nitrogens with one attached hydrogen (secondary N) is 1. The van der Waals surface area contributed by atoms with Crippen molar-refractivity contribution in [3.8, 4) is 0 Å². The summed E-state index contributed by atoms with van der Waals surface area (Å²) in [4.78, 5) is 22.6. The highest BCUT2D eigenvalue weighted by Crippen LogP contribution is 2.11. The second-order valence-corrected chi connectivity index (χ2v) is 4.78. The van der Waals surface area contributed by atoms with Crippen molar-refractivity contribution in [2.24, 2.45) is 7.05 Å². The Kier molecular flexibility index (Phi) is 4.06. The molecule has 21 heavy (non-hydrogen) atoms. The average Bonchev–Trinajstić information content (AvgIpc) is 2.94. The first-order valence-electron chi connectivity index (χ1n) is 6.40. The number of nitrogens with zero attached hydrogens (tertiary/aromatic N) is 4. The second kappa shape index (κ2) is 5.78. The number of carboxylic acids is 1. The van der Waals surface area contributed by atoms with Gasteiger partial charge in [0.15, 0.2) is 0 Å². The maximum absolute atomic E-state index is 12.0. The highest BCUT2D eigenvalue weighted by Gasteiger charge is 2.13. The molecule has 0 aliphatic heterocycles. The van der Waals surface area contributed by atoms with Crippen LogP contribution in [-0.4, -0.2) is 36.5 Å². The molecule has 0 fully saturated rings. The van der Waals surface area contributed by atoms with Crippen molar-refractivity contribution in [1.29, 1.82) is 0 Å². The van der Waals surface area contributed by atoms with Gasteiger partial charge >= 0.3 is 5.97 Å². The molecule has 0 saturated carbocycles. The summed E-state index contributed by atoms with van der Waals surface area (Å²) in [5.41, 5.74) is 3.17. The molecule has 0 spiro atoms. The molecule has 0 aromatic carbocycles. The summed E-state index contributed by atoms with van der Waals surface area (Å²) in [5, 5.41) is 19.6. The number of hydrogen-bond donors (Lipinski definition) is 2. The van der Waals surface area contributed by atoms with Gasteiger partial charge in [-0.15, -0.1) is 0 Å². The lowest BCUT2D eigenvalue weighted by atomic mass is 10.2. The van der Waals surface area contributed by atoms with Crippen LogP contribution in [0, 0.1) is 13.8 Å². The molecule has 0 bridgehead atoms. The van der Waals surface area contributed by atoms with E-state index in [9.17, 15) is 9.59 Å². The molecule has 2 rings (SSSR count). The van der Waals surface area contributed by atoms with Crippen LogP contribution in [0.3, 0.4) is 0 Å². The van der Waals surface area contributed by atoms with Gasteiger partial charge in [0.1, 0.15) is 6.54 Å². The number of aromatic nitrogens is 4. The minimum atomic E-state index is -1.01. The maximum Gasteiger partial charge on any atom is 0.325 e. The molecule has 0 saturated heterocycles. The van der Waals surface area contributed by atoms with Crippen LogP contribution >= 0.6 is 0 Å². The monoisotopic (exact) mass is 291 g/mol. The average molecular weight is 291 g/mol. The van der Waals surface area contributed by atoms with E-state index in [1.165, 1.54) is 17.1 Å². The van der Waals surface area contributed by atoms with E-state index in [0.717, 1.165) is 17.0 Å². The molecule has 0 radical (unpaired) electrons. The third-order valence-corrected chi connectivity index (χ3v) is 3.28. The van der Waals surface area contributed by atoms with E-state index >= 15 is 0 Å². The Hall–Kier alpha value is -2.64. The highest BCUT2D eigenvalue weighted by molar-refractivity contribution is 5.93. The van der Waals surface area contributed by atoms with Crippen LogP contribution in [0.15, 0.2) is 12.4 Å². The first-order valence-corrected chi connectivity index (χ1v) is 6.40. The lowest BCUT2D eigenvalue weighted by Gasteiger charge is -2.04. The van der Waals surface area contributed by atoms with Gasteiger partial charge in [-0.05, 0) is 13.8 Å². The highest BCUT2D eigenvalue weighted by atomic mass is 16.4.